The molecule has 2 fully saturated rings. The van der Waals surface area contributed by atoms with Gasteiger partial charge in [0.25, 0.3) is 0 Å². The normalized spacial score (nSPS) is 16.7. The highest BCUT2D eigenvalue weighted by Gasteiger charge is 2.26. The predicted octanol–water partition coefficient (Wildman–Crippen LogP) is 5.32. The summed E-state index contributed by atoms with van der Waals surface area (Å²) in [5, 5.41) is 7.82. The fraction of sp³-hybridized carbons (Fsp3) is 0.375. The summed E-state index contributed by atoms with van der Waals surface area (Å²) in [5.41, 5.74) is 3.95. The lowest BCUT2D eigenvalue weighted by Gasteiger charge is -2.36. The fourth-order valence-electron chi connectivity index (χ4n) is 4.15. The predicted molar refractivity (Wildman–Crippen MR) is 125 cm³/mol. The molecule has 166 valence electrons. The van der Waals surface area contributed by atoms with Gasteiger partial charge in [0.2, 0.25) is 11.7 Å². The van der Waals surface area contributed by atoms with Crippen molar-refractivity contribution in [1.82, 2.24) is 15.0 Å². The van der Waals surface area contributed by atoms with Crippen LogP contribution in [0.4, 0.5) is 16.2 Å². The molecule has 0 spiro atoms. The molecule has 0 radical (unpaired) electrons. The minimum Gasteiger partial charge on any atom is -0.368 e. The van der Waals surface area contributed by atoms with Crippen LogP contribution in [0.5, 0.6) is 0 Å². The molecule has 1 aliphatic carbocycles. The van der Waals surface area contributed by atoms with Gasteiger partial charge in [0.1, 0.15) is 0 Å². The number of rotatable bonds is 4. The Labute approximate surface area is 192 Å². The number of hydrogen-bond donors (Lipinski definition) is 1. The summed E-state index contributed by atoms with van der Waals surface area (Å²) in [6.07, 6.45) is 3.48. The van der Waals surface area contributed by atoms with Gasteiger partial charge in [-0.2, -0.15) is 4.98 Å². The molecule has 0 unspecified atom stereocenters. The highest BCUT2D eigenvalue weighted by Crippen LogP contribution is 2.36. The number of nitrogens with zero attached hydrogens (tertiary/aromatic N) is 4. The average Bonchev–Trinajstić information content (AvgIpc) is 3.24. The van der Waals surface area contributed by atoms with Crippen molar-refractivity contribution in [3.63, 3.8) is 0 Å². The molecule has 2 aromatic carbocycles. The first-order chi connectivity index (χ1) is 15.6. The molecule has 1 saturated heterocycles. The van der Waals surface area contributed by atoms with Crippen molar-refractivity contribution < 1.29 is 9.32 Å². The topological polar surface area (TPSA) is 74.5 Å². The maximum Gasteiger partial charge on any atom is 0.321 e. The van der Waals surface area contributed by atoms with Gasteiger partial charge >= 0.3 is 6.03 Å². The molecule has 0 atom stereocenters. The third-order valence-electron chi connectivity index (χ3n) is 6.37. The van der Waals surface area contributed by atoms with Gasteiger partial charge in [-0.3, -0.25) is 0 Å². The van der Waals surface area contributed by atoms with E-state index in [0.29, 0.717) is 24.8 Å². The monoisotopic (exact) mass is 451 g/mol. The number of amides is 2. The van der Waals surface area contributed by atoms with Crippen molar-refractivity contribution in [3.8, 4) is 11.4 Å². The molecule has 32 heavy (non-hydrogen) atoms. The van der Waals surface area contributed by atoms with Crippen LogP contribution in [0.1, 0.15) is 36.6 Å². The Bertz CT molecular complexity index is 1100. The van der Waals surface area contributed by atoms with Crippen molar-refractivity contribution >= 4 is 29.0 Å². The number of hydrogen-bond acceptors (Lipinski definition) is 5. The Kier molecular flexibility index (Phi) is 5.74. The van der Waals surface area contributed by atoms with Crippen LogP contribution in [0.25, 0.3) is 11.4 Å². The van der Waals surface area contributed by atoms with E-state index in [-0.39, 0.29) is 6.03 Å². The standard InChI is InChI=1S/C24H26ClN5O2/c1-16-5-8-19(25)15-21(16)29-11-13-30(14-12-29)24(31)26-20-9-6-17(7-10-20)22-27-23(32-28-22)18-3-2-4-18/h5-10,15,18H,2-4,11-14H2,1H3,(H,26,31). The van der Waals surface area contributed by atoms with Crippen molar-refractivity contribution in [2.24, 2.45) is 0 Å². The number of carbonyl (C=O) groups is 1. The van der Waals surface area contributed by atoms with Crippen LogP contribution in [0.2, 0.25) is 5.02 Å². The van der Waals surface area contributed by atoms with E-state index >= 15 is 0 Å². The smallest absolute Gasteiger partial charge is 0.321 e. The number of aromatic nitrogens is 2. The molecular weight excluding hydrogens is 426 g/mol. The van der Waals surface area contributed by atoms with Gasteiger partial charge < -0.3 is 19.6 Å². The molecular formula is C24H26ClN5O2. The Hall–Kier alpha value is -3.06. The van der Waals surface area contributed by atoms with Gasteiger partial charge in [-0.05, 0) is 61.7 Å². The second-order valence-electron chi connectivity index (χ2n) is 8.50. The van der Waals surface area contributed by atoms with Crippen molar-refractivity contribution in [3.05, 3.63) is 58.9 Å². The van der Waals surface area contributed by atoms with Crippen molar-refractivity contribution in [1.29, 1.82) is 0 Å². The third-order valence-corrected chi connectivity index (χ3v) is 6.60. The highest BCUT2D eigenvalue weighted by molar-refractivity contribution is 6.30. The van der Waals surface area contributed by atoms with Crippen LogP contribution in [0.3, 0.4) is 0 Å². The first-order valence-electron chi connectivity index (χ1n) is 11.1. The molecule has 1 N–H and O–H groups in total. The van der Waals surface area contributed by atoms with E-state index in [0.717, 1.165) is 53.8 Å². The summed E-state index contributed by atoms with van der Waals surface area (Å²) < 4.78 is 5.40. The maximum atomic E-state index is 12.7. The van der Waals surface area contributed by atoms with Crippen LogP contribution in [0, 0.1) is 6.92 Å². The molecule has 7 nitrogen and oxygen atoms in total. The van der Waals surface area contributed by atoms with Crippen molar-refractivity contribution in [2.75, 3.05) is 36.4 Å². The van der Waals surface area contributed by atoms with Gasteiger partial charge in [0, 0.05) is 54.1 Å². The molecule has 1 aromatic heterocycles. The molecule has 5 rings (SSSR count). The van der Waals surface area contributed by atoms with Gasteiger partial charge in [0.05, 0.1) is 0 Å². The van der Waals surface area contributed by atoms with Crippen LogP contribution < -0.4 is 10.2 Å². The van der Waals surface area contributed by atoms with Crippen LogP contribution in [0.15, 0.2) is 47.0 Å². The lowest BCUT2D eigenvalue weighted by molar-refractivity contribution is 0.208. The quantitative estimate of drug-likeness (QED) is 0.581. The number of nitrogens with one attached hydrogen (secondary N) is 1. The van der Waals surface area contributed by atoms with E-state index in [1.54, 1.807) is 0 Å². The summed E-state index contributed by atoms with van der Waals surface area (Å²) in [6.45, 7) is 4.94. The number of aryl methyl sites for hydroxylation is 1. The van der Waals surface area contributed by atoms with Crippen molar-refractivity contribution in [2.45, 2.75) is 32.1 Å². The molecule has 2 aliphatic rings. The highest BCUT2D eigenvalue weighted by atomic mass is 35.5. The van der Waals surface area contributed by atoms with E-state index in [4.69, 9.17) is 16.1 Å². The third kappa shape index (κ3) is 4.30. The minimum atomic E-state index is -0.0907. The number of benzene rings is 2. The van der Waals surface area contributed by atoms with Gasteiger partial charge in [0.15, 0.2) is 0 Å². The number of anilines is 2. The zero-order chi connectivity index (χ0) is 22.1. The summed E-state index contributed by atoms with van der Waals surface area (Å²) in [4.78, 5) is 21.4. The number of halogens is 1. The number of carbonyl (C=O) groups excluding carboxylic acids is 1. The molecule has 0 bridgehead atoms. The Morgan fingerprint density at radius 1 is 1.09 bits per heavy atom. The molecule has 8 heteroatoms. The largest absolute Gasteiger partial charge is 0.368 e. The van der Waals surface area contributed by atoms with E-state index in [9.17, 15) is 4.79 Å². The summed E-state index contributed by atoms with van der Waals surface area (Å²) in [5.74, 6) is 1.74. The van der Waals surface area contributed by atoms with E-state index < -0.39 is 0 Å². The SMILES string of the molecule is Cc1ccc(Cl)cc1N1CCN(C(=O)Nc2ccc(-c3noc(C4CCC4)n3)cc2)CC1. The Morgan fingerprint density at radius 2 is 1.84 bits per heavy atom. The maximum absolute atomic E-state index is 12.7. The number of urea groups is 1. The molecule has 2 heterocycles. The Balaban J connectivity index is 1.17. The summed E-state index contributed by atoms with van der Waals surface area (Å²) in [7, 11) is 0. The average molecular weight is 452 g/mol. The fourth-order valence-corrected chi connectivity index (χ4v) is 4.32. The lowest BCUT2D eigenvalue weighted by Crippen LogP contribution is -2.50. The van der Waals surface area contributed by atoms with Gasteiger partial charge in [-0.1, -0.05) is 29.2 Å². The second-order valence-corrected chi connectivity index (χ2v) is 8.93. The molecule has 3 aromatic rings. The van der Waals surface area contributed by atoms with Crippen LogP contribution in [-0.4, -0.2) is 47.3 Å². The van der Waals surface area contributed by atoms with Gasteiger partial charge in [-0.25, -0.2) is 4.79 Å². The zero-order valence-corrected chi connectivity index (χ0v) is 18.8. The second kappa shape index (κ2) is 8.82. The summed E-state index contributed by atoms with van der Waals surface area (Å²) >= 11 is 6.17. The van der Waals surface area contributed by atoms with Crippen LogP contribution >= 0.6 is 11.6 Å². The summed E-state index contributed by atoms with van der Waals surface area (Å²) in [6, 6.07) is 13.4. The molecule has 1 aliphatic heterocycles. The zero-order valence-electron chi connectivity index (χ0n) is 18.1. The minimum absolute atomic E-state index is 0.0907. The van der Waals surface area contributed by atoms with Crippen LogP contribution in [-0.2, 0) is 0 Å². The van der Waals surface area contributed by atoms with E-state index in [1.165, 1.54) is 12.0 Å². The van der Waals surface area contributed by atoms with Gasteiger partial charge in [-0.15, -0.1) is 0 Å². The first kappa shape index (κ1) is 20.8. The van der Waals surface area contributed by atoms with E-state index in [1.807, 2.05) is 47.4 Å². The Morgan fingerprint density at radius 3 is 2.53 bits per heavy atom. The lowest BCUT2D eigenvalue weighted by atomic mass is 9.85. The van der Waals surface area contributed by atoms with E-state index in [2.05, 4.69) is 27.3 Å². The number of piperazine rings is 1. The molecule has 1 saturated carbocycles. The molecule has 2 amide bonds. The first-order valence-corrected chi connectivity index (χ1v) is 11.5.